The van der Waals surface area contributed by atoms with Crippen molar-refractivity contribution in [1.29, 1.82) is 0 Å². The summed E-state index contributed by atoms with van der Waals surface area (Å²) in [6.07, 6.45) is -5.41. The van der Waals surface area contributed by atoms with E-state index in [1.54, 1.807) is 0 Å². The Bertz CT molecular complexity index is 632. The van der Waals surface area contributed by atoms with Crippen molar-refractivity contribution < 1.29 is 35.9 Å². The molecule has 1 aliphatic rings. The fourth-order valence-corrected chi connectivity index (χ4v) is 3.68. The minimum absolute atomic E-state index is 0.305. The number of halogens is 3. The van der Waals surface area contributed by atoms with E-state index in [1.165, 1.54) is 0 Å². The van der Waals surface area contributed by atoms with Gasteiger partial charge in [0, 0.05) is 11.8 Å². The number of ether oxygens (including phenoxy) is 2. The number of primary sulfonamides is 1. The molecular weight excluding hydrogens is 323 g/mol. The number of carbonyl (C=O) groups is 1. The van der Waals surface area contributed by atoms with Crippen molar-refractivity contribution in [3.05, 3.63) is 15.8 Å². The molecule has 0 amide bonds. The van der Waals surface area contributed by atoms with Crippen molar-refractivity contribution in [3.63, 3.8) is 0 Å². The smallest absolute Gasteiger partial charge is 0.418 e. The number of rotatable bonds is 3. The topological polar surface area (TPSA) is 95.7 Å². The van der Waals surface area contributed by atoms with Crippen LogP contribution in [-0.4, -0.2) is 27.3 Å². The molecule has 1 unspecified atom stereocenters. The molecule has 1 saturated heterocycles. The SMILES string of the molecule is NS(=O)(=O)c1c(C(F)(F)F)csc1C(=O)OC1CCO1. The first-order valence-corrected chi connectivity index (χ1v) is 7.57. The van der Waals surface area contributed by atoms with Gasteiger partial charge in [-0.2, -0.15) is 13.2 Å². The maximum absolute atomic E-state index is 12.7. The van der Waals surface area contributed by atoms with Crippen LogP contribution in [0.15, 0.2) is 10.3 Å². The van der Waals surface area contributed by atoms with Crippen LogP contribution in [-0.2, 0) is 25.7 Å². The van der Waals surface area contributed by atoms with Crippen molar-refractivity contribution in [2.75, 3.05) is 6.61 Å². The van der Waals surface area contributed by atoms with Crippen LogP contribution in [0.4, 0.5) is 13.2 Å². The number of thiophene rings is 1. The fraction of sp³-hybridized carbons (Fsp3) is 0.444. The second-order valence-electron chi connectivity index (χ2n) is 3.84. The average Bonchev–Trinajstić information content (AvgIpc) is 2.66. The normalized spacial score (nSPS) is 19.5. The van der Waals surface area contributed by atoms with Crippen LogP contribution in [0, 0.1) is 0 Å². The molecule has 2 N–H and O–H groups in total. The third kappa shape index (κ3) is 2.95. The summed E-state index contributed by atoms with van der Waals surface area (Å²) < 4.78 is 70.2. The van der Waals surface area contributed by atoms with Gasteiger partial charge in [-0.15, -0.1) is 11.3 Å². The molecule has 1 aromatic heterocycles. The first-order valence-electron chi connectivity index (χ1n) is 5.15. The van der Waals surface area contributed by atoms with Crippen molar-refractivity contribution >= 4 is 27.3 Å². The molecule has 0 radical (unpaired) electrons. The Morgan fingerprint density at radius 2 is 2.10 bits per heavy atom. The molecule has 1 aromatic rings. The minimum atomic E-state index is -4.94. The highest BCUT2D eigenvalue weighted by atomic mass is 32.2. The van der Waals surface area contributed by atoms with Gasteiger partial charge in [-0.3, -0.25) is 0 Å². The van der Waals surface area contributed by atoms with Crippen molar-refractivity contribution in [2.24, 2.45) is 5.14 Å². The van der Waals surface area contributed by atoms with Crippen LogP contribution in [0.2, 0.25) is 0 Å². The average molecular weight is 331 g/mol. The molecular formula is C9H8F3NO5S2. The van der Waals surface area contributed by atoms with E-state index in [9.17, 15) is 26.4 Å². The Morgan fingerprint density at radius 1 is 1.50 bits per heavy atom. The molecule has 2 rings (SSSR count). The molecule has 0 saturated carbocycles. The molecule has 0 aliphatic carbocycles. The van der Waals surface area contributed by atoms with Crippen molar-refractivity contribution in [1.82, 2.24) is 0 Å². The lowest BCUT2D eigenvalue weighted by atomic mass is 10.3. The van der Waals surface area contributed by atoms with Crippen molar-refractivity contribution in [2.45, 2.75) is 23.8 Å². The molecule has 1 aliphatic heterocycles. The third-order valence-electron chi connectivity index (χ3n) is 2.42. The van der Waals surface area contributed by atoms with Crippen LogP contribution in [0.1, 0.15) is 21.7 Å². The summed E-state index contributed by atoms with van der Waals surface area (Å²) in [7, 11) is -4.72. The molecule has 1 atom stereocenters. The summed E-state index contributed by atoms with van der Waals surface area (Å²) in [4.78, 5) is 9.70. The largest absolute Gasteiger partial charge is 0.431 e. The number of nitrogens with two attached hydrogens (primary N) is 1. The predicted octanol–water partition coefficient (Wildman–Crippen LogP) is 1.32. The Kier molecular flexibility index (Phi) is 3.79. The zero-order chi connectivity index (χ0) is 15.1. The van der Waals surface area contributed by atoms with Crippen LogP contribution in [0.5, 0.6) is 0 Å². The van der Waals surface area contributed by atoms with Gasteiger partial charge in [-0.1, -0.05) is 0 Å². The molecule has 0 aromatic carbocycles. The van der Waals surface area contributed by atoms with E-state index in [4.69, 9.17) is 14.6 Å². The maximum Gasteiger partial charge on any atom is 0.418 e. The van der Waals surface area contributed by atoms with Gasteiger partial charge in [0.1, 0.15) is 9.77 Å². The predicted molar refractivity (Wildman–Crippen MR) is 60.5 cm³/mol. The Hall–Kier alpha value is -1.17. The lowest BCUT2D eigenvalue weighted by Gasteiger charge is -2.25. The van der Waals surface area contributed by atoms with E-state index in [-0.39, 0.29) is 0 Å². The van der Waals surface area contributed by atoms with Gasteiger partial charge in [-0.25, -0.2) is 18.4 Å². The monoisotopic (exact) mass is 331 g/mol. The first-order chi connectivity index (χ1) is 9.10. The molecule has 112 valence electrons. The van der Waals surface area contributed by atoms with Crippen molar-refractivity contribution in [3.8, 4) is 0 Å². The van der Waals surface area contributed by atoms with E-state index >= 15 is 0 Å². The third-order valence-corrected chi connectivity index (χ3v) is 4.50. The highest BCUT2D eigenvalue weighted by molar-refractivity contribution is 7.89. The molecule has 0 spiro atoms. The highest BCUT2D eigenvalue weighted by Gasteiger charge is 2.41. The maximum atomic E-state index is 12.7. The van der Waals surface area contributed by atoms with Crippen LogP contribution in [0.3, 0.4) is 0 Å². The van der Waals surface area contributed by atoms with E-state index < -0.39 is 43.8 Å². The Labute approximate surface area is 115 Å². The number of carbonyl (C=O) groups excluding carboxylic acids is 1. The lowest BCUT2D eigenvalue weighted by Crippen LogP contribution is -2.32. The number of alkyl halides is 3. The Balaban J connectivity index is 2.43. The quantitative estimate of drug-likeness (QED) is 0.843. The molecule has 6 nitrogen and oxygen atoms in total. The highest BCUT2D eigenvalue weighted by Crippen LogP contribution is 2.39. The molecule has 11 heteroatoms. The van der Waals surface area contributed by atoms with Crippen LogP contribution < -0.4 is 5.14 Å². The Morgan fingerprint density at radius 3 is 2.50 bits per heavy atom. The summed E-state index contributed by atoms with van der Waals surface area (Å²) in [5.74, 6) is -1.21. The van der Waals surface area contributed by atoms with E-state index in [0.29, 0.717) is 29.7 Å². The van der Waals surface area contributed by atoms with Gasteiger partial charge in [0.05, 0.1) is 12.2 Å². The second-order valence-corrected chi connectivity index (χ2v) is 6.22. The second kappa shape index (κ2) is 4.98. The standard InChI is InChI=1S/C9H8F3NO5S2/c10-9(11,12)4-3-19-6(7(4)20(13,15)16)8(14)18-5-1-2-17-5/h3,5H,1-2H2,(H2,13,15,16). The van der Waals surface area contributed by atoms with Crippen LogP contribution >= 0.6 is 11.3 Å². The van der Waals surface area contributed by atoms with E-state index in [0.717, 1.165) is 0 Å². The summed E-state index contributed by atoms with van der Waals surface area (Å²) in [5, 5.41) is 5.27. The van der Waals surface area contributed by atoms with E-state index in [1.807, 2.05) is 0 Å². The zero-order valence-electron chi connectivity index (χ0n) is 9.64. The van der Waals surface area contributed by atoms with Gasteiger partial charge < -0.3 is 9.47 Å². The summed E-state index contributed by atoms with van der Waals surface area (Å²) >= 11 is 0.305. The first kappa shape index (κ1) is 15.2. The van der Waals surface area contributed by atoms with Gasteiger partial charge in [0.25, 0.3) is 0 Å². The lowest BCUT2D eigenvalue weighted by molar-refractivity contribution is -0.184. The van der Waals surface area contributed by atoms with Gasteiger partial charge in [0.15, 0.2) is 0 Å². The summed E-state index contributed by atoms with van der Waals surface area (Å²) in [6.45, 7) is 0.359. The van der Waals surface area contributed by atoms with Crippen LogP contribution in [0.25, 0.3) is 0 Å². The van der Waals surface area contributed by atoms with Gasteiger partial charge in [-0.05, 0) is 0 Å². The zero-order valence-corrected chi connectivity index (χ0v) is 11.3. The molecule has 1 fully saturated rings. The van der Waals surface area contributed by atoms with Gasteiger partial charge in [0.2, 0.25) is 16.3 Å². The summed E-state index contributed by atoms with van der Waals surface area (Å²) in [5.41, 5.74) is -1.48. The minimum Gasteiger partial charge on any atom is -0.431 e. The molecule has 2 heterocycles. The number of sulfonamides is 1. The number of hydrogen-bond donors (Lipinski definition) is 1. The number of esters is 1. The molecule has 20 heavy (non-hydrogen) atoms. The summed E-state index contributed by atoms with van der Waals surface area (Å²) in [6, 6.07) is 0. The van der Waals surface area contributed by atoms with E-state index in [2.05, 4.69) is 0 Å². The fourth-order valence-electron chi connectivity index (χ4n) is 1.45. The van der Waals surface area contributed by atoms with Gasteiger partial charge >= 0.3 is 12.1 Å². The molecule has 0 bridgehead atoms. The number of hydrogen-bond acceptors (Lipinski definition) is 6.